The molecule has 0 saturated carbocycles. The maximum atomic E-state index is 13.5. The molecule has 2 aromatic carbocycles. The summed E-state index contributed by atoms with van der Waals surface area (Å²) in [5, 5.41) is 1.10. The van der Waals surface area contributed by atoms with Crippen LogP contribution in [0.1, 0.15) is 5.56 Å². The summed E-state index contributed by atoms with van der Waals surface area (Å²) in [6.45, 7) is 0. The molecular formula is C15H11FOS. The van der Waals surface area contributed by atoms with E-state index in [2.05, 4.69) is 0 Å². The molecule has 0 saturated heterocycles. The summed E-state index contributed by atoms with van der Waals surface area (Å²) in [4.78, 5) is 0.669. The van der Waals surface area contributed by atoms with Crippen molar-refractivity contribution in [3.63, 3.8) is 0 Å². The molecule has 0 radical (unpaired) electrons. The number of thioether (sulfide) groups is 1. The van der Waals surface area contributed by atoms with Gasteiger partial charge >= 0.3 is 0 Å². The first-order valence-corrected chi connectivity index (χ1v) is 6.65. The lowest BCUT2D eigenvalue weighted by molar-refractivity contribution is 0.601. The van der Waals surface area contributed by atoms with E-state index in [0.717, 1.165) is 16.5 Å². The molecule has 0 atom stereocenters. The normalized spacial score (nSPS) is 10.9. The van der Waals surface area contributed by atoms with E-state index >= 15 is 0 Å². The van der Waals surface area contributed by atoms with Crippen LogP contribution in [0.5, 0.6) is 0 Å². The van der Waals surface area contributed by atoms with E-state index < -0.39 is 0 Å². The highest BCUT2D eigenvalue weighted by atomic mass is 32.2. The number of hydrogen-bond acceptors (Lipinski definition) is 2. The van der Waals surface area contributed by atoms with E-state index in [4.69, 9.17) is 4.42 Å². The fourth-order valence-electron chi connectivity index (χ4n) is 1.86. The minimum absolute atomic E-state index is 0.171. The van der Waals surface area contributed by atoms with Gasteiger partial charge < -0.3 is 4.42 Å². The molecule has 0 aliphatic carbocycles. The Kier molecular flexibility index (Phi) is 3.07. The van der Waals surface area contributed by atoms with Crippen molar-refractivity contribution < 1.29 is 8.81 Å². The van der Waals surface area contributed by atoms with Crippen LogP contribution in [0.25, 0.3) is 11.0 Å². The van der Waals surface area contributed by atoms with Gasteiger partial charge in [0.05, 0.1) is 6.26 Å². The lowest BCUT2D eigenvalue weighted by Crippen LogP contribution is -1.82. The van der Waals surface area contributed by atoms with Crippen LogP contribution in [-0.4, -0.2) is 0 Å². The lowest BCUT2D eigenvalue weighted by atomic mass is 10.2. The van der Waals surface area contributed by atoms with Gasteiger partial charge in [-0.15, -0.1) is 11.8 Å². The van der Waals surface area contributed by atoms with Crippen molar-refractivity contribution in [2.45, 2.75) is 10.6 Å². The summed E-state index contributed by atoms with van der Waals surface area (Å²) in [6.07, 6.45) is 1.75. The van der Waals surface area contributed by atoms with Gasteiger partial charge in [0.1, 0.15) is 11.4 Å². The summed E-state index contributed by atoms with van der Waals surface area (Å²) >= 11 is 1.48. The molecule has 0 spiro atoms. The molecule has 1 nitrogen and oxygen atoms in total. The highest BCUT2D eigenvalue weighted by Gasteiger charge is 2.07. The second-order valence-corrected chi connectivity index (χ2v) is 4.99. The van der Waals surface area contributed by atoms with E-state index in [1.807, 2.05) is 30.3 Å². The minimum Gasteiger partial charge on any atom is -0.464 e. The monoisotopic (exact) mass is 258 g/mol. The first-order chi connectivity index (χ1) is 8.84. The first-order valence-electron chi connectivity index (χ1n) is 5.67. The van der Waals surface area contributed by atoms with Gasteiger partial charge in [0, 0.05) is 21.6 Å². The molecule has 90 valence electrons. The van der Waals surface area contributed by atoms with E-state index in [-0.39, 0.29) is 5.82 Å². The quantitative estimate of drug-likeness (QED) is 0.622. The second kappa shape index (κ2) is 4.86. The molecule has 0 fully saturated rings. The molecule has 3 rings (SSSR count). The number of hydrogen-bond donors (Lipinski definition) is 0. The Morgan fingerprint density at radius 3 is 2.67 bits per heavy atom. The van der Waals surface area contributed by atoms with E-state index in [1.165, 1.54) is 17.8 Å². The predicted octanol–water partition coefficient (Wildman–Crippen LogP) is 4.86. The third-order valence-corrected chi connectivity index (χ3v) is 3.88. The average molecular weight is 258 g/mol. The molecule has 3 heteroatoms. The van der Waals surface area contributed by atoms with E-state index in [9.17, 15) is 4.39 Å². The van der Waals surface area contributed by atoms with Crippen LogP contribution in [0, 0.1) is 5.82 Å². The summed E-state index contributed by atoms with van der Waals surface area (Å²) in [6, 6.07) is 14.7. The summed E-state index contributed by atoms with van der Waals surface area (Å²) < 4.78 is 18.9. The Bertz CT molecular complexity index is 675. The fourth-order valence-corrected chi connectivity index (χ4v) is 2.78. The van der Waals surface area contributed by atoms with Gasteiger partial charge in [-0.25, -0.2) is 4.39 Å². The van der Waals surface area contributed by atoms with E-state index in [1.54, 1.807) is 18.4 Å². The van der Waals surface area contributed by atoms with Gasteiger partial charge in [0.2, 0.25) is 0 Å². The standard InChI is InChI=1S/C15H11FOS/c16-13-6-2-4-8-15(13)18-10-11-9-17-14-7-3-1-5-12(11)14/h1-9H,10H2. The molecule has 0 aliphatic rings. The Balaban J connectivity index is 1.83. The van der Waals surface area contributed by atoms with Gasteiger partial charge in [-0.2, -0.15) is 0 Å². The highest BCUT2D eigenvalue weighted by molar-refractivity contribution is 7.98. The second-order valence-electron chi connectivity index (χ2n) is 3.98. The van der Waals surface area contributed by atoms with Crippen LogP contribution in [0.4, 0.5) is 4.39 Å². The van der Waals surface area contributed by atoms with E-state index in [0.29, 0.717) is 10.6 Å². The zero-order valence-corrected chi connectivity index (χ0v) is 10.4. The van der Waals surface area contributed by atoms with Crippen molar-refractivity contribution >= 4 is 22.7 Å². The van der Waals surface area contributed by atoms with Crippen LogP contribution < -0.4 is 0 Å². The topological polar surface area (TPSA) is 13.1 Å². The van der Waals surface area contributed by atoms with Crippen LogP contribution in [-0.2, 0) is 5.75 Å². The van der Waals surface area contributed by atoms with Crippen LogP contribution in [0.2, 0.25) is 0 Å². The fraction of sp³-hybridized carbons (Fsp3) is 0.0667. The van der Waals surface area contributed by atoms with Gasteiger partial charge in [-0.1, -0.05) is 30.3 Å². The van der Waals surface area contributed by atoms with Gasteiger partial charge in [0.25, 0.3) is 0 Å². The first kappa shape index (κ1) is 11.4. The summed E-state index contributed by atoms with van der Waals surface area (Å²) in [5.74, 6) is 0.535. The average Bonchev–Trinajstić information content (AvgIpc) is 2.81. The van der Waals surface area contributed by atoms with Crippen LogP contribution >= 0.6 is 11.8 Å². The molecule has 1 heterocycles. The van der Waals surface area contributed by atoms with Gasteiger partial charge in [-0.3, -0.25) is 0 Å². The number of benzene rings is 2. The number of furan rings is 1. The number of para-hydroxylation sites is 1. The van der Waals surface area contributed by atoms with Crippen molar-refractivity contribution in [1.82, 2.24) is 0 Å². The molecule has 0 bridgehead atoms. The van der Waals surface area contributed by atoms with Gasteiger partial charge in [-0.05, 0) is 18.2 Å². The Morgan fingerprint density at radius 1 is 1.00 bits per heavy atom. The third kappa shape index (κ3) is 2.14. The SMILES string of the molecule is Fc1ccccc1SCc1coc2ccccc12. The molecule has 1 aromatic heterocycles. The molecule has 18 heavy (non-hydrogen) atoms. The highest BCUT2D eigenvalue weighted by Crippen LogP contribution is 2.29. The Hall–Kier alpha value is -1.74. The third-order valence-electron chi connectivity index (χ3n) is 2.78. The van der Waals surface area contributed by atoms with Crippen molar-refractivity contribution in [2.75, 3.05) is 0 Å². The predicted molar refractivity (Wildman–Crippen MR) is 72.2 cm³/mol. The number of rotatable bonds is 3. The zero-order valence-electron chi connectivity index (χ0n) is 9.60. The van der Waals surface area contributed by atoms with Gasteiger partial charge in [0.15, 0.2) is 0 Å². The van der Waals surface area contributed by atoms with Crippen molar-refractivity contribution in [3.05, 3.63) is 66.2 Å². The van der Waals surface area contributed by atoms with Crippen molar-refractivity contribution in [3.8, 4) is 0 Å². The molecule has 0 aliphatic heterocycles. The van der Waals surface area contributed by atoms with Crippen molar-refractivity contribution in [1.29, 1.82) is 0 Å². The molecule has 3 aromatic rings. The largest absolute Gasteiger partial charge is 0.464 e. The van der Waals surface area contributed by atoms with Crippen molar-refractivity contribution in [2.24, 2.45) is 0 Å². The summed E-state index contributed by atoms with van der Waals surface area (Å²) in [7, 11) is 0. The van der Waals surface area contributed by atoms with Crippen LogP contribution in [0.3, 0.4) is 0 Å². The maximum absolute atomic E-state index is 13.5. The van der Waals surface area contributed by atoms with Crippen LogP contribution in [0.15, 0.2) is 64.1 Å². The Morgan fingerprint density at radius 2 is 1.78 bits per heavy atom. The zero-order chi connectivity index (χ0) is 12.4. The maximum Gasteiger partial charge on any atom is 0.136 e. The number of fused-ring (bicyclic) bond motifs is 1. The lowest BCUT2D eigenvalue weighted by Gasteiger charge is -2.01. The summed E-state index contributed by atoms with van der Waals surface area (Å²) in [5.41, 5.74) is 1.97. The molecule has 0 unspecified atom stereocenters. The Labute approximate surface area is 109 Å². The molecule has 0 N–H and O–H groups in total. The minimum atomic E-state index is -0.171. The molecule has 0 amide bonds. The number of halogens is 1. The molecular weight excluding hydrogens is 247 g/mol. The smallest absolute Gasteiger partial charge is 0.136 e.